The van der Waals surface area contributed by atoms with Gasteiger partial charge in [-0.2, -0.15) is 0 Å². The van der Waals surface area contributed by atoms with Gasteiger partial charge in [-0.05, 0) is 12.8 Å². The molecule has 0 aliphatic rings. The van der Waals surface area contributed by atoms with Crippen LogP contribution in [-0.2, 0) is 14.9 Å². The predicted octanol–water partition coefficient (Wildman–Crippen LogP) is 4.03. The third-order valence-electron chi connectivity index (χ3n) is 5.20. The van der Waals surface area contributed by atoms with Crippen molar-refractivity contribution >= 4 is 10.1 Å². The van der Waals surface area contributed by atoms with Crippen molar-refractivity contribution in [1.82, 2.24) is 0 Å². The second-order valence-corrected chi connectivity index (χ2v) is 10.1. The van der Waals surface area contributed by atoms with Crippen LogP contribution in [0, 0.1) is 0 Å². The number of ether oxygens (including phenoxy) is 1. The molecule has 0 aromatic carbocycles. The van der Waals surface area contributed by atoms with Crippen LogP contribution in [0.15, 0.2) is 0 Å². The molecule has 2 unspecified atom stereocenters. The number of aliphatic hydroxyl groups excluding tert-OH is 1. The highest BCUT2D eigenvalue weighted by Gasteiger charge is 2.31. The SMILES string of the molecule is CCCCCCCCCCCCOC(CCC)[N+](C)(C)CC(O)CS(=O)(=O)[O-]. The maximum absolute atomic E-state index is 10.9. The molecule has 0 bridgehead atoms. The molecule has 2 atom stereocenters. The molecule has 0 fully saturated rings. The zero-order valence-corrected chi connectivity index (χ0v) is 19.5. The summed E-state index contributed by atoms with van der Waals surface area (Å²) in [5.41, 5.74) is 0. The summed E-state index contributed by atoms with van der Waals surface area (Å²) in [5, 5.41) is 9.95. The van der Waals surface area contributed by atoms with Gasteiger partial charge in [0.25, 0.3) is 0 Å². The maximum atomic E-state index is 10.9. The highest BCUT2D eigenvalue weighted by Crippen LogP contribution is 2.17. The number of likely N-dealkylation sites (N-methyl/N-ethyl adjacent to an activating group) is 1. The van der Waals surface area contributed by atoms with E-state index in [1.807, 2.05) is 14.1 Å². The van der Waals surface area contributed by atoms with Crippen LogP contribution in [0.3, 0.4) is 0 Å². The number of unbranched alkanes of at least 4 members (excludes halogenated alkanes) is 9. The summed E-state index contributed by atoms with van der Waals surface area (Å²) in [5.74, 6) is -0.744. The fraction of sp³-hybridized carbons (Fsp3) is 1.00. The number of aliphatic hydroxyl groups is 1. The minimum atomic E-state index is -4.42. The Hall–Kier alpha value is -0.210. The average molecular weight is 424 g/mol. The van der Waals surface area contributed by atoms with Crippen molar-refractivity contribution in [3.05, 3.63) is 0 Å². The number of nitrogens with zero attached hydrogens (tertiary/aromatic N) is 1. The summed E-state index contributed by atoms with van der Waals surface area (Å²) in [6.07, 6.45) is 13.3. The lowest BCUT2D eigenvalue weighted by molar-refractivity contribution is -0.940. The van der Waals surface area contributed by atoms with Crippen LogP contribution >= 0.6 is 0 Å². The molecule has 0 aromatic rings. The average Bonchev–Trinajstić information content (AvgIpc) is 2.56. The van der Waals surface area contributed by atoms with Gasteiger partial charge in [0.15, 0.2) is 6.23 Å². The molecule has 0 spiro atoms. The first-order chi connectivity index (χ1) is 13.1. The number of hydrogen-bond donors (Lipinski definition) is 1. The summed E-state index contributed by atoms with van der Waals surface area (Å²) >= 11 is 0. The van der Waals surface area contributed by atoms with E-state index in [1.165, 1.54) is 51.4 Å². The lowest BCUT2D eigenvalue weighted by Crippen LogP contribution is -2.54. The monoisotopic (exact) mass is 423 g/mol. The molecule has 6 nitrogen and oxygen atoms in total. The van der Waals surface area contributed by atoms with Gasteiger partial charge in [0, 0.05) is 6.42 Å². The predicted molar refractivity (Wildman–Crippen MR) is 114 cm³/mol. The lowest BCUT2D eigenvalue weighted by Gasteiger charge is -2.39. The van der Waals surface area contributed by atoms with Crippen LogP contribution in [0.1, 0.15) is 90.9 Å². The fourth-order valence-electron chi connectivity index (χ4n) is 3.64. The van der Waals surface area contributed by atoms with Gasteiger partial charge < -0.3 is 18.9 Å². The molecule has 28 heavy (non-hydrogen) atoms. The van der Waals surface area contributed by atoms with E-state index in [2.05, 4.69) is 13.8 Å². The minimum Gasteiger partial charge on any atom is -0.748 e. The zero-order valence-electron chi connectivity index (χ0n) is 18.7. The smallest absolute Gasteiger partial charge is 0.192 e. The van der Waals surface area contributed by atoms with E-state index < -0.39 is 22.0 Å². The summed E-state index contributed by atoms with van der Waals surface area (Å²) in [7, 11) is -0.591. The quantitative estimate of drug-likeness (QED) is 0.147. The summed E-state index contributed by atoms with van der Waals surface area (Å²) in [6.45, 7) is 5.19. The van der Waals surface area contributed by atoms with E-state index >= 15 is 0 Å². The summed E-state index contributed by atoms with van der Waals surface area (Å²) in [6, 6.07) is 0. The van der Waals surface area contributed by atoms with E-state index in [0.29, 0.717) is 11.1 Å². The van der Waals surface area contributed by atoms with Gasteiger partial charge in [-0.1, -0.05) is 71.6 Å². The van der Waals surface area contributed by atoms with Crippen molar-refractivity contribution in [2.24, 2.45) is 0 Å². The molecule has 0 heterocycles. The standard InChI is InChI=1S/C21H45NO5S/c1-5-7-8-9-10-11-12-13-14-15-17-27-21(16-6-2)22(3,4)18-20(23)19-28(24,25)26/h20-21,23H,5-19H2,1-4H3. The maximum Gasteiger partial charge on any atom is 0.192 e. The Morgan fingerprint density at radius 3 is 1.86 bits per heavy atom. The van der Waals surface area contributed by atoms with Gasteiger partial charge in [-0.3, -0.25) is 0 Å². The Kier molecular flexibility index (Phi) is 15.5. The van der Waals surface area contributed by atoms with Gasteiger partial charge in [0.1, 0.15) is 12.6 Å². The van der Waals surface area contributed by atoms with Crippen LogP contribution in [0.25, 0.3) is 0 Å². The minimum absolute atomic E-state index is 0.104. The molecule has 0 amide bonds. The largest absolute Gasteiger partial charge is 0.748 e. The summed E-state index contributed by atoms with van der Waals surface area (Å²) < 4.78 is 39.0. The van der Waals surface area contributed by atoms with Crippen molar-refractivity contribution in [2.75, 3.05) is 33.0 Å². The van der Waals surface area contributed by atoms with Crippen molar-refractivity contribution in [3.8, 4) is 0 Å². The van der Waals surface area contributed by atoms with Crippen LogP contribution in [0.2, 0.25) is 0 Å². The van der Waals surface area contributed by atoms with Crippen LogP contribution in [0.4, 0.5) is 0 Å². The third kappa shape index (κ3) is 15.7. The van der Waals surface area contributed by atoms with Gasteiger partial charge in [0.05, 0.1) is 36.6 Å². The first kappa shape index (κ1) is 27.8. The molecule has 0 aliphatic heterocycles. The van der Waals surface area contributed by atoms with Crippen molar-refractivity contribution < 1.29 is 27.3 Å². The van der Waals surface area contributed by atoms with E-state index in [-0.39, 0.29) is 12.8 Å². The van der Waals surface area contributed by atoms with Gasteiger partial charge in [0.2, 0.25) is 0 Å². The van der Waals surface area contributed by atoms with Gasteiger partial charge in [-0.15, -0.1) is 0 Å². The van der Waals surface area contributed by atoms with E-state index in [1.54, 1.807) is 0 Å². The molecular formula is C21H45NO5S. The van der Waals surface area contributed by atoms with Crippen LogP contribution in [-0.4, -0.2) is 67.9 Å². The molecule has 170 valence electrons. The molecule has 0 rings (SSSR count). The lowest BCUT2D eigenvalue weighted by atomic mass is 10.1. The molecule has 0 saturated carbocycles. The topological polar surface area (TPSA) is 86.7 Å². The Morgan fingerprint density at radius 2 is 1.39 bits per heavy atom. The highest BCUT2D eigenvalue weighted by atomic mass is 32.2. The molecule has 0 saturated heterocycles. The highest BCUT2D eigenvalue weighted by molar-refractivity contribution is 7.85. The number of hydrogen-bond acceptors (Lipinski definition) is 5. The zero-order chi connectivity index (χ0) is 21.5. The first-order valence-corrected chi connectivity index (χ1v) is 12.8. The second-order valence-electron chi connectivity index (χ2n) is 8.64. The van der Waals surface area contributed by atoms with Crippen molar-refractivity contribution in [1.29, 1.82) is 0 Å². The fourth-order valence-corrected chi connectivity index (χ4v) is 4.22. The Morgan fingerprint density at radius 1 is 0.893 bits per heavy atom. The van der Waals surface area contributed by atoms with Gasteiger partial charge in [-0.25, -0.2) is 8.42 Å². The molecule has 1 N–H and O–H groups in total. The Bertz CT molecular complexity index is 467. The molecule has 0 aliphatic carbocycles. The van der Waals surface area contributed by atoms with Crippen LogP contribution < -0.4 is 0 Å². The molecular weight excluding hydrogens is 378 g/mol. The van der Waals surface area contributed by atoms with E-state index in [9.17, 15) is 18.1 Å². The Balaban J connectivity index is 4.06. The number of rotatable bonds is 19. The molecule has 7 heteroatoms. The van der Waals surface area contributed by atoms with E-state index in [0.717, 1.165) is 25.7 Å². The number of quaternary nitrogens is 1. The van der Waals surface area contributed by atoms with Crippen LogP contribution in [0.5, 0.6) is 0 Å². The normalized spacial score (nSPS) is 14.9. The molecule has 0 aromatic heterocycles. The van der Waals surface area contributed by atoms with E-state index in [4.69, 9.17) is 4.74 Å². The molecule has 0 radical (unpaired) electrons. The third-order valence-corrected chi connectivity index (χ3v) is 5.99. The van der Waals surface area contributed by atoms with Crippen molar-refractivity contribution in [2.45, 2.75) is 103 Å². The van der Waals surface area contributed by atoms with Crippen molar-refractivity contribution in [3.63, 3.8) is 0 Å². The summed E-state index contributed by atoms with van der Waals surface area (Å²) in [4.78, 5) is 0. The Labute approximate surface area is 174 Å². The van der Waals surface area contributed by atoms with Gasteiger partial charge >= 0.3 is 0 Å². The second kappa shape index (κ2) is 15.6. The first-order valence-electron chi connectivity index (χ1n) is 11.2.